The number of nitrogens with one attached hydrogen (secondary N) is 2. The van der Waals surface area contributed by atoms with Crippen LogP contribution >= 0.6 is 11.6 Å². The molecule has 2 aromatic rings. The van der Waals surface area contributed by atoms with E-state index >= 15 is 0 Å². The van der Waals surface area contributed by atoms with E-state index in [0.29, 0.717) is 23.1 Å². The first-order valence-corrected chi connectivity index (χ1v) is 8.33. The summed E-state index contributed by atoms with van der Waals surface area (Å²) in [6.07, 6.45) is 2.96. The third kappa shape index (κ3) is 3.86. The molecule has 5 nitrogen and oxygen atoms in total. The van der Waals surface area contributed by atoms with Crippen molar-refractivity contribution in [2.75, 3.05) is 17.2 Å². The quantitative estimate of drug-likeness (QED) is 0.871. The lowest BCUT2D eigenvalue weighted by Crippen LogP contribution is -2.26. The highest BCUT2D eigenvalue weighted by atomic mass is 35.5. The fourth-order valence-electron chi connectivity index (χ4n) is 2.75. The average molecular weight is 346 g/mol. The van der Waals surface area contributed by atoms with Gasteiger partial charge in [-0.25, -0.2) is 4.98 Å². The van der Waals surface area contributed by atoms with Crippen LogP contribution in [0, 0.1) is 13.8 Å². The molecule has 1 aromatic carbocycles. The molecule has 1 aliphatic heterocycles. The molecule has 3 rings (SSSR count). The number of carbonyl (C=O) groups excluding carboxylic acids is 1. The fourth-order valence-corrected chi connectivity index (χ4v) is 3.12. The number of nitrogens with zero attached hydrogens (tertiary/aromatic N) is 1. The van der Waals surface area contributed by atoms with E-state index in [9.17, 15) is 4.79 Å². The Morgan fingerprint density at radius 1 is 1.33 bits per heavy atom. The molecule has 6 heteroatoms. The van der Waals surface area contributed by atoms with Gasteiger partial charge < -0.3 is 15.4 Å². The number of pyridine rings is 1. The van der Waals surface area contributed by atoms with Gasteiger partial charge in [-0.1, -0.05) is 17.7 Å². The maximum absolute atomic E-state index is 12.0. The molecule has 1 aromatic heterocycles. The second kappa shape index (κ2) is 7.20. The summed E-state index contributed by atoms with van der Waals surface area (Å²) in [4.78, 5) is 16.3. The maximum atomic E-state index is 12.0. The van der Waals surface area contributed by atoms with Gasteiger partial charge in [0.2, 0.25) is 0 Å². The Labute approximate surface area is 146 Å². The monoisotopic (exact) mass is 345 g/mol. The van der Waals surface area contributed by atoms with E-state index in [1.807, 2.05) is 19.9 Å². The molecule has 0 saturated carbocycles. The van der Waals surface area contributed by atoms with Crippen LogP contribution in [0.3, 0.4) is 0 Å². The normalized spacial score (nSPS) is 16.9. The zero-order valence-electron chi connectivity index (χ0n) is 13.7. The Kier molecular flexibility index (Phi) is 5.02. The van der Waals surface area contributed by atoms with E-state index in [-0.39, 0.29) is 12.0 Å². The Balaban J connectivity index is 1.67. The van der Waals surface area contributed by atoms with Gasteiger partial charge in [0, 0.05) is 6.61 Å². The van der Waals surface area contributed by atoms with Crippen molar-refractivity contribution >= 4 is 34.7 Å². The number of rotatable bonds is 4. The molecule has 1 unspecified atom stereocenters. The number of hydrogen-bond donors (Lipinski definition) is 2. The van der Waals surface area contributed by atoms with Crippen LogP contribution in [0.1, 0.15) is 24.0 Å². The summed E-state index contributed by atoms with van der Waals surface area (Å²) in [5.41, 5.74) is 3.65. The smallest absolute Gasteiger partial charge is 0.253 e. The number of benzene rings is 1. The molecule has 1 amide bonds. The van der Waals surface area contributed by atoms with Crippen molar-refractivity contribution in [3.05, 3.63) is 46.6 Å². The second-order valence-corrected chi connectivity index (χ2v) is 6.39. The highest BCUT2D eigenvalue weighted by molar-refractivity contribution is 6.33. The summed E-state index contributed by atoms with van der Waals surface area (Å²) >= 11 is 6.30. The van der Waals surface area contributed by atoms with Gasteiger partial charge in [0.05, 0.1) is 22.6 Å². The highest BCUT2D eigenvalue weighted by Gasteiger charge is 2.23. The van der Waals surface area contributed by atoms with Gasteiger partial charge in [-0.05, 0) is 56.0 Å². The molecule has 126 valence electrons. The molecule has 0 spiro atoms. The average Bonchev–Trinajstić information content (AvgIpc) is 3.07. The minimum absolute atomic E-state index is 0.118. The van der Waals surface area contributed by atoms with Crippen LogP contribution in [0.4, 0.5) is 17.2 Å². The van der Waals surface area contributed by atoms with E-state index in [2.05, 4.69) is 21.7 Å². The summed E-state index contributed by atoms with van der Waals surface area (Å²) in [5, 5.41) is 6.71. The molecule has 0 bridgehead atoms. The number of ether oxygens (including phenoxy) is 1. The van der Waals surface area contributed by atoms with Gasteiger partial charge >= 0.3 is 0 Å². The van der Waals surface area contributed by atoms with Gasteiger partial charge in [-0.15, -0.1) is 0 Å². The van der Waals surface area contributed by atoms with Crippen LogP contribution in [0.2, 0.25) is 5.02 Å². The van der Waals surface area contributed by atoms with Crippen molar-refractivity contribution in [2.24, 2.45) is 0 Å². The zero-order chi connectivity index (χ0) is 17.1. The van der Waals surface area contributed by atoms with Crippen LogP contribution in [-0.4, -0.2) is 23.6 Å². The van der Waals surface area contributed by atoms with Gasteiger partial charge in [0.15, 0.2) is 0 Å². The maximum Gasteiger partial charge on any atom is 0.253 e. The van der Waals surface area contributed by atoms with Crippen molar-refractivity contribution in [3.8, 4) is 0 Å². The highest BCUT2D eigenvalue weighted by Crippen LogP contribution is 2.29. The summed E-state index contributed by atoms with van der Waals surface area (Å²) in [5.74, 6) is 0.548. The number of anilines is 3. The van der Waals surface area contributed by atoms with E-state index in [1.165, 1.54) is 0 Å². The minimum Gasteiger partial charge on any atom is -0.368 e. The van der Waals surface area contributed by atoms with E-state index < -0.39 is 0 Å². The molecular formula is C18H20ClN3O2. The molecule has 1 fully saturated rings. The zero-order valence-corrected chi connectivity index (χ0v) is 14.5. The standard InChI is InChI=1S/C18H20ClN3O2/c1-11-8-12(2)17(14(19)9-11)22-16-6-5-13(10-20-16)21-18(23)15-4-3-7-24-15/h5-6,8-10,15H,3-4,7H2,1-2H3,(H,20,22)(H,21,23). The molecule has 2 heterocycles. The first-order chi connectivity index (χ1) is 11.5. The first kappa shape index (κ1) is 16.7. The minimum atomic E-state index is -0.350. The van der Waals surface area contributed by atoms with E-state index in [4.69, 9.17) is 16.3 Å². The van der Waals surface area contributed by atoms with Crippen LogP contribution in [-0.2, 0) is 9.53 Å². The number of aryl methyl sites for hydroxylation is 2. The molecule has 1 atom stereocenters. The van der Waals surface area contributed by atoms with Crippen LogP contribution < -0.4 is 10.6 Å². The Bertz CT molecular complexity index is 717. The Morgan fingerprint density at radius 2 is 2.17 bits per heavy atom. The Morgan fingerprint density at radius 3 is 2.79 bits per heavy atom. The van der Waals surface area contributed by atoms with Gasteiger partial charge in [-0.2, -0.15) is 0 Å². The van der Waals surface area contributed by atoms with Crippen molar-refractivity contribution in [1.29, 1.82) is 0 Å². The number of aromatic nitrogens is 1. The third-order valence-corrected chi connectivity index (χ3v) is 4.24. The summed E-state index contributed by atoms with van der Waals surface area (Å²) in [6, 6.07) is 7.58. The van der Waals surface area contributed by atoms with E-state index in [1.54, 1.807) is 18.3 Å². The molecule has 2 N–H and O–H groups in total. The van der Waals surface area contributed by atoms with Crippen LogP contribution in [0.25, 0.3) is 0 Å². The molecular weight excluding hydrogens is 326 g/mol. The summed E-state index contributed by atoms with van der Waals surface area (Å²) < 4.78 is 5.37. The number of amides is 1. The lowest BCUT2D eigenvalue weighted by Gasteiger charge is -2.13. The molecule has 1 aliphatic rings. The van der Waals surface area contributed by atoms with E-state index in [0.717, 1.165) is 29.7 Å². The molecule has 1 saturated heterocycles. The van der Waals surface area contributed by atoms with Crippen molar-refractivity contribution in [3.63, 3.8) is 0 Å². The van der Waals surface area contributed by atoms with Gasteiger partial charge in [0.25, 0.3) is 5.91 Å². The first-order valence-electron chi connectivity index (χ1n) is 7.95. The predicted molar refractivity (Wildman–Crippen MR) is 96.0 cm³/mol. The lowest BCUT2D eigenvalue weighted by molar-refractivity contribution is -0.124. The number of carbonyl (C=O) groups is 1. The van der Waals surface area contributed by atoms with Crippen LogP contribution in [0.5, 0.6) is 0 Å². The van der Waals surface area contributed by atoms with Crippen LogP contribution in [0.15, 0.2) is 30.5 Å². The van der Waals surface area contributed by atoms with Crippen molar-refractivity contribution in [2.45, 2.75) is 32.8 Å². The number of hydrogen-bond acceptors (Lipinski definition) is 4. The largest absolute Gasteiger partial charge is 0.368 e. The third-order valence-electron chi connectivity index (χ3n) is 3.94. The van der Waals surface area contributed by atoms with Crippen molar-refractivity contribution in [1.82, 2.24) is 4.98 Å². The topological polar surface area (TPSA) is 63.2 Å². The molecule has 24 heavy (non-hydrogen) atoms. The fraction of sp³-hybridized carbons (Fsp3) is 0.333. The molecule has 0 radical (unpaired) electrons. The SMILES string of the molecule is Cc1cc(C)c(Nc2ccc(NC(=O)C3CCCO3)cn2)c(Cl)c1. The van der Waals surface area contributed by atoms with Gasteiger partial charge in [0.1, 0.15) is 11.9 Å². The Hall–Kier alpha value is -2.11. The second-order valence-electron chi connectivity index (χ2n) is 5.99. The molecule has 0 aliphatic carbocycles. The number of halogens is 1. The lowest BCUT2D eigenvalue weighted by atomic mass is 10.1. The summed E-state index contributed by atoms with van der Waals surface area (Å²) in [6.45, 7) is 4.65. The van der Waals surface area contributed by atoms with Gasteiger partial charge in [-0.3, -0.25) is 4.79 Å². The van der Waals surface area contributed by atoms with Crippen molar-refractivity contribution < 1.29 is 9.53 Å². The summed E-state index contributed by atoms with van der Waals surface area (Å²) in [7, 11) is 0. The predicted octanol–water partition coefficient (Wildman–Crippen LogP) is 4.21.